The number of aryl methyl sites for hydroxylation is 1. The van der Waals surface area contributed by atoms with Crippen LogP contribution in [-0.2, 0) is 4.79 Å². The molecule has 0 aliphatic carbocycles. The Labute approximate surface area is 128 Å². The highest BCUT2D eigenvalue weighted by atomic mass is 19.1. The van der Waals surface area contributed by atoms with Crippen LogP contribution < -0.4 is 0 Å². The summed E-state index contributed by atoms with van der Waals surface area (Å²) in [6, 6.07) is 4.60. The van der Waals surface area contributed by atoms with Gasteiger partial charge in [0.2, 0.25) is 0 Å². The predicted molar refractivity (Wildman–Crippen MR) is 82.6 cm³/mol. The number of nitrogens with zero attached hydrogens (tertiary/aromatic N) is 2. The second-order valence-corrected chi connectivity index (χ2v) is 6.12. The minimum Gasteiger partial charge on any atom is -0.335 e. The van der Waals surface area contributed by atoms with E-state index in [1.165, 1.54) is 25.8 Å². The summed E-state index contributed by atoms with van der Waals surface area (Å²) < 4.78 is 13.7. The highest BCUT2D eigenvalue weighted by Crippen LogP contribution is 2.20. The third kappa shape index (κ3) is 3.50. The van der Waals surface area contributed by atoms with Crippen molar-refractivity contribution in [2.24, 2.45) is 0 Å². The molecule has 0 bridgehead atoms. The molecule has 1 amide bonds. The molecule has 0 fully saturated rings. The molecule has 0 aromatic carbocycles. The van der Waals surface area contributed by atoms with Gasteiger partial charge in [-0.05, 0) is 39.0 Å². The number of hydrogen-bond acceptors (Lipinski definition) is 3. The molecule has 0 spiro atoms. The van der Waals surface area contributed by atoms with Crippen LogP contribution in [0.15, 0.2) is 18.2 Å². The van der Waals surface area contributed by atoms with Crippen molar-refractivity contribution < 1.29 is 14.0 Å². The summed E-state index contributed by atoms with van der Waals surface area (Å²) in [5.41, 5.74) is 0.259. The number of aromatic amines is 1. The number of pyridine rings is 1. The van der Waals surface area contributed by atoms with Crippen LogP contribution in [0, 0.1) is 6.92 Å². The Kier molecular flexibility index (Phi) is 4.30. The molecule has 0 saturated carbocycles. The van der Waals surface area contributed by atoms with Crippen LogP contribution in [0.1, 0.15) is 36.5 Å². The van der Waals surface area contributed by atoms with E-state index in [4.69, 9.17) is 0 Å². The van der Waals surface area contributed by atoms with E-state index < -0.39 is 11.7 Å². The number of aromatic nitrogens is 2. The fourth-order valence-electron chi connectivity index (χ4n) is 2.33. The van der Waals surface area contributed by atoms with Crippen LogP contribution >= 0.6 is 0 Å². The first-order valence-corrected chi connectivity index (χ1v) is 7.09. The van der Waals surface area contributed by atoms with Gasteiger partial charge in [0.1, 0.15) is 23.3 Å². The van der Waals surface area contributed by atoms with Crippen LogP contribution in [0.5, 0.6) is 0 Å². The minimum atomic E-state index is -1.53. The Bertz CT molecular complexity index is 703. The summed E-state index contributed by atoms with van der Waals surface area (Å²) in [5, 5.41) is 0.816. The van der Waals surface area contributed by atoms with Crippen molar-refractivity contribution in [1.29, 1.82) is 0 Å². The van der Waals surface area contributed by atoms with Gasteiger partial charge >= 0.3 is 0 Å². The van der Waals surface area contributed by atoms with E-state index in [-0.39, 0.29) is 12.3 Å². The zero-order valence-corrected chi connectivity index (χ0v) is 13.2. The lowest BCUT2D eigenvalue weighted by Gasteiger charge is -2.27. The Morgan fingerprint density at radius 1 is 1.50 bits per heavy atom. The fourth-order valence-corrected chi connectivity index (χ4v) is 2.33. The van der Waals surface area contributed by atoms with Gasteiger partial charge in [0.05, 0.1) is 6.04 Å². The largest absolute Gasteiger partial charge is 0.335 e. The summed E-state index contributed by atoms with van der Waals surface area (Å²) in [6.07, 6.45) is 0.556. The van der Waals surface area contributed by atoms with Crippen molar-refractivity contribution in [3.8, 4) is 0 Å². The Balaban J connectivity index is 2.26. The highest BCUT2D eigenvalue weighted by Gasteiger charge is 2.28. The molecule has 22 heavy (non-hydrogen) atoms. The number of likely N-dealkylation sites (N-methyl/N-ethyl adjacent to an activating group) is 1. The van der Waals surface area contributed by atoms with Gasteiger partial charge in [-0.3, -0.25) is 4.79 Å². The quantitative estimate of drug-likeness (QED) is 0.864. The number of carbonyl (C=O) groups is 2. The van der Waals surface area contributed by atoms with E-state index in [9.17, 15) is 14.0 Å². The topological polar surface area (TPSA) is 66.1 Å². The van der Waals surface area contributed by atoms with Gasteiger partial charge in [-0.2, -0.15) is 0 Å². The number of aldehydes is 1. The average Bonchev–Trinajstić information content (AvgIpc) is 2.85. The van der Waals surface area contributed by atoms with Crippen LogP contribution in [-0.4, -0.2) is 45.8 Å². The second kappa shape index (κ2) is 5.87. The van der Waals surface area contributed by atoms with Gasteiger partial charge in [0.15, 0.2) is 0 Å². The molecule has 0 saturated heterocycles. The first-order chi connectivity index (χ1) is 10.2. The predicted octanol–water partition coefficient (Wildman–Crippen LogP) is 2.65. The van der Waals surface area contributed by atoms with Gasteiger partial charge in [0.25, 0.3) is 5.91 Å². The van der Waals surface area contributed by atoms with Crippen molar-refractivity contribution in [3.05, 3.63) is 29.6 Å². The molecule has 2 aromatic rings. The van der Waals surface area contributed by atoms with E-state index in [0.29, 0.717) is 17.6 Å². The standard InChI is InChI=1S/C16H20FN3O2/c1-10-5-6-11-7-13(19-14(11)18-10)15(22)20(4)12(9-21)8-16(2,3)17/h5-7,9,12H,8H2,1-4H3,(H,18,19). The molecular weight excluding hydrogens is 285 g/mol. The third-order valence-electron chi connectivity index (χ3n) is 3.52. The summed E-state index contributed by atoms with van der Waals surface area (Å²) in [6.45, 7) is 4.63. The van der Waals surface area contributed by atoms with Crippen LogP contribution in [0.2, 0.25) is 0 Å². The fraction of sp³-hybridized carbons (Fsp3) is 0.438. The smallest absolute Gasteiger partial charge is 0.270 e. The van der Waals surface area contributed by atoms with Gasteiger partial charge in [-0.15, -0.1) is 0 Å². The third-order valence-corrected chi connectivity index (χ3v) is 3.52. The Morgan fingerprint density at radius 3 is 2.77 bits per heavy atom. The number of halogens is 1. The number of carbonyl (C=O) groups excluding carboxylic acids is 2. The number of amides is 1. The number of fused-ring (bicyclic) bond motifs is 1. The lowest BCUT2D eigenvalue weighted by atomic mass is 10.0. The molecule has 1 atom stereocenters. The maximum Gasteiger partial charge on any atom is 0.270 e. The van der Waals surface area contributed by atoms with Crippen molar-refractivity contribution >= 4 is 23.2 Å². The molecule has 2 aromatic heterocycles. The first-order valence-electron chi connectivity index (χ1n) is 7.09. The SMILES string of the molecule is Cc1ccc2cc(C(=O)N(C)C(C=O)CC(C)(C)F)[nH]c2n1. The first kappa shape index (κ1) is 16.1. The maximum absolute atomic E-state index is 13.7. The van der Waals surface area contributed by atoms with Crippen molar-refractivity contribution in [2.45, 2.75) is 38.9 Å². The van der Waals surface area contributed by atoms with Gasteiger partial charge in [0, 0.05) is 24.5 Å². The molecular formula is C16H20FN3O2. The Morgan fingerprint density at radius 2 is 2.18 bits per heavy atom. The van der Waals surface area contributed by atoms with Crippen LogP contribution in [0.25, 0.3) is 11.0 Å². The summed E-state index contributed by atoms with van der Waals surface area (Å²) >= 11 is 0. The normalized spacial score (nSPS) is 13.1. The molecule has 1 N–H and O–H groups in total. The zero-order chi connectivity index (χ0) is 16.5. The lowest BCUT2D eigenvalue weighted by molar-refractivity contribution is -0.112. The number of hydrogen-bond donors (Lipinski definition) is 1. The van der Waals surface area contributed by atoms with E-state index in [1.807, 2.05) is 19.1 Å². The molecule has 2 heterocycles. The number of alkyl halides is 1. The Hall–Kier alpha value is -2.24. The van der Waals surface area contributed by atoms with E-state index in [0.717, 1.165) is 11.1 Å². The minimum absolute atomic E-state index is 0.0453. The van der Waals surface area contributed by atoms with E-state index in [1.54, 1.807) is 6.07 Å². The second-order valence-electron chi connectivity index (χ2n) is 6.12. The lowest BCUT2D eigenvalue weighted by Crippen LogP contribution is -2.41. The molecule has 0 aliphatic heterocycles. The number of rotatable bonds is 5. The highest BCUT2D eigenvalue weighted by molar-refractivity contribution is 5.98. The van der Waals surface area contributed by atoms with E-state index in [2.05, 4.69) is 9.97 Å². The average molecular weight is 305 g/mol. The number of nitrogens with one attached hydrogen (secondary N) is 1. The van der Waals surface area contributed by atoms with Crippen LogP contribution in [0.4, 0.5) is 4.39 Å². The van der Waals surface area contributed by atoms with Gasteiger partial charge in [-0.1, -0.05) is 0 Å². The van der Waals surface area contributed by atoms with Crippen molar-refractivity contribution in [3.63, 3.8) is 0 Å². The van der Waals surface area contributed by atoms with Gasteiger partial charge < -0.3 is 14.7 Å². The maximum atomic E-state index is 13.7. The van der Waals surface area contributed by atoms with E-state index >= 15 is 0 Å². The van der Waals surface area contributed by atoms with Crippen LogP contribution in [0.3, 0.4) is 0 Å². The summed E-state index contributed by atoms with van der Waals surface area (Å²) in [7, 11) is 1.50. The molecule has 0 radical (unpaired) electrons. The monoisotopic (exact) mass is 305 g/mol. The molecule has 5 nitrogen and oxygen atoms in total. The molecule has 6 heteroatoms. The molecule has 1 unspecified atom stereocenters. The zero-order valence-electron chi connectivity index (χ0n) is 13.2. The molecule has 118 valence electrons. The van der Waals surface area contributed by atoms with Crippen molar-refractivity contribution in [1.82, 2.24) is 14.9 Å². The van der Waals surface area contributed by atoms with Gasteiger partial charge in [-0.25, -0.2) is 9.37 Å². The molecule has 0 aliphatic rings. The summed E-state index contributed by atoms with van der Waals surface area (Å²) in [5.74, 6) is -0.364. The van der Waals surface area contributed by atoms with Crippen molar-refractivity contribution in [2.75, 3.05) is 7.05 Å². The molecule has 2 rings (SSSR count). The number of H-pyrrole nitrogens is 1. The summed E-state index contributed by atoms with van der Waals surface area (Å²) in [4.78, 5) is 32.2.